The second kappa shape index (κ2) is 7.92. The Morgan fingerprint density at radius 2 is 1.88 bits per heavy atom. The average molecular weight is 339 g/mol. The average Bonchev–Trinajstić information content (AvgIpc) is 2.64. The van der Waals surface area contributed by atoms with Crippen LogP contribution in [0, 0.1) is 0 Å². The molecule has 2 aromatic rings. The van der Waals surface area contributed by atoms with E-state index in [2.05, 4.69) is 39.9 Å². The van der Waals surface area contributed by atoms with Gasteiger partial charge in [0.1, 0.15) is 0 Å². The third kappa shape index (κ3) is 3.87. The van der Waals surface area contributed by atoms with Gasteiger partial charge in [0.05, 0.1) is 14.2 Å². The first-order valence-corrected chi connectivity index (χ1v) is 8.48. The van der Waals surface area contributed by atoms with Crippen molar-refractivity contribution in [3.63, 3.8) is 0 Å². The highest BCUT2D eigenvalue weighted by Crippen LogP contribution is 2.34. The number of methoxy groups -OCH3 is 2. The molecule has 132 valence electrons. The molecular formula is C20H25N3O2. The van der Waals surface area contributed by atoms with E-state index in [1.54, 1.807) is 21.3 Å². The van der Waals surface area contributed by atoms with Crippen molar-refractivity contribution in [2.75, 3.05) is 27.8 Å². The lowest BCUT2D eigenvalue weighted by Gasteiger charge is -2.30. The van der Waals surface area contributed by atoms with E-state index < -0.39 is 0 Å². The predicted octanol–water partition coefficient (Wildman–Crippen LogP) is 2.71. The van der Waals surface area contributed by atoms with Gasteiger partial charge in [0.15, 0.2) is 17.5 Å². The van der Waals surface area contributed by atoms with Gasteiger partial charge in [-0.05, 0) is 35.2 Å². The van der Waals surface area contributed by atoms with Gasteiger partial charge in [-0.3, -0.25) is 4.99 Å². The van der Waals surface area contributed by atoms with Gasteiger partial charge in [0, 0.05) is 26.1 Å². The Morgan fingerprint density at radius 1 is 1.08 bits per heavy atom. The van der Waals surface area contributed by atoms with Crippen LogP contribution in [0.1, 0.15) is 22.6 Å². The molecule has 3 rings (SSSR count). The van der Waals surface area contributed by atoms with E-state index in [0.717, 1.165) is 36.0 Å². The highest BCUT2D eigenvalue weighted by molar-refractivity contribution is 5.79. The Morgan fingerprint density at radius 3 is 2.60 bits per heavy atom. The Hall–Kier alpha value is -2.69. The summed E-state index contributed by atoms with van der Waals surface area (Å²) in [7, 11) is 5.07. The van der Waals surface area contributed by atoms with E-state index in [0.29, 0.717) is 12.5 Å². The zero-order valence-corrected chi connectivity index (χ0v) is 15.0. The fraction of sp³-hybridized carbons (Fsp3) is 0.350. The summed E-state index contributed by atoms with van der Waals surface area (Å²) in [5, 5.41) is 6.76. The van der Waals surface area contributed by atoms with Crippen LogP contribution in [-0.2, 0) is 13.0 Å². The van der Waals surface area contributed by atoms with Gasteiger partial charge < -0.3 is 20.1 Å². The van der Waals surface area contributed by atoms with Crippen LogP contribution in [0.4, 0.5) is 0 Å². The van der Waals surface area contributed by atoms with E-state index in [-0.39, 0.29) is 0 Å². The maximum atomic E-state index is 5.35. The van der Waals surface area contributed by atoms with Crippen LogP contribution in [0.15, 0.2) is 47.5 Å². The summed E-state index contributed by atoms with van der Waals surface area (Å²) in [5.74, 6) is 2.84. The van der Waals surface area contributed by atoms with Crippen molar-refractivity contribution >= 4 is 5.96 Å². The van der Waals surface area contributed by atoms with E-state index in [1.807, 2.05) is 18.2 Å². The number of hydrogen-bond donors (Lipinski definition) is 2. The molecule has 5 heteroatoms. The molecule has 0 radical (unpaired) electrons. The van der Waals surface area contributed by atoms with Crippen molar-refractivity contribution in [2.45, 2.75) is 18.9 Å². The van der Waals surface area contributed by atoms with Crippen LogP contribution < -0.4 is 20.1 Å². The minimum Gasteiger partial charge on any atom is -0.493 e. The van der Waals surface area contributed by atoms with Crippen molar-refractivity contribution < 1.29 is 9.47 Å². The van der Waals surface area contributed by atoms with Crippen molar-refractivity contribution in [2.24, 2.45) is 4.99 Å². The zero-order chi connectivity index (χ0) is 17.6. The molecule has 0 fully saturated rings. The molecule has 1 aliphatic carbocycles. The van der Waals surface area contributed by atoms with Crippen LogP contribution in [0.2, 0.25) is 0 Å². The van der Waals surface area contributed by atoms with Crippen molar-refractivity contribution in [3.05, 3.63) is 59.2 Å². The van der Waals surface area contributed by atoms with E-state index in [1.165, 1.54) is 11.1 Å². The number of guanidine groups is 1. The minimum atomic E-state index is 0.566. The summed E-state index contributed by atoms with van der Waals surface area (Å²) in [6.45, 7) is 1.56. The Labute approximate surface area is 149 Å². The van der Waals surface area contributed by atoms with Crippen molar-refractivity contribution in [1.82, 2.24) is 10.6 Å². The largest absolute Gasteiger partial charge is 0.493 e. The molecule has 1 aliphatic rings. The Kier molecular flexibility index (Phi) is 5.43. The van der Waals surface area contributed by atoms with Crippen LogP contribution in [0.5, 0.6) is 11.5 Å². The number of rotatable bonds is 6. The lowest BCUT2D eigenvalue weighted by molar-refractivity contribution is 0.354. The summed E-state index contributed by atoms with van der Waals surface area (Å²) in [4.78, 5) is 4.30. The number of nitrogens with one attached hydrogen (secondary N) is 2. The van der Waals surface area contributed by atoms with Gasteiger partial charge in [0.25, 0.3) is 0 Å². The lowest BCUT2D eigenvalue weighted by atomic mass is 9.78. The fourth-order valence-corrected chi connectivity index (χ4v) is 3.16. The van der Waals surface area contributed by atoms with Crippen molar-refractivity contribution in [3.8, 4) is 11.5 Å². The first kappa shape index (κ1) is 17.1. The quantitative estimate of drug-likeness (QED) is 0.628. The summed E-state index contributed by atoms with van der Waals surface area (Å²) in [6.07, 6.45) is 1.13. The monoisotopic (exact) mass is 339 g/mol. The maximum Gasteiger partial charge on any atom is 0.191 e. The predicted molar refractivity (Wildman–Crippen MR) is 101 cm³/mol. The summed E-state index contributed by atoms with van der Waals surface area (Å²) in [5.41, 5.74) is 4.02. The summed E-state index contributed by atoms with van der Waals surface area (Å²) >= 11 is 0. The maximum absolute atomic E-state index is 5.35. The van der Waals surface area contributed by atoms with Gasteiger partial charge in [-0.25, -0.2) is 0 Å². The molecule has 0 saturated carbocycles. The van der Waals surface area contributed by atoms with Gasteiger partial charge in [-0.2, -0.15) is 0 Å². The lowest BCUT2D eigenvalue weighted by Crippen LogP contribution is -2.40. The summed E-state index contributed by atoms with van der Waals surface area (Å²) < 4.78 is 10.6. The Balaban J connectivity index is 1.52. The second-order valence-electron chi connectivity index (χ2n) is 6.10. The molecule has 0 aliphatic heterocycles. The van der Waals surface area contributed by atoms with Gasteiger partial charge in [-0.1, -0.05) is 30.3 Å². The van der Waals surface area contributed by atoms with Crippen LogP contribution >= 0.6 is 0 Å². The van der Waals surface area contributed by atoms with Gasteiger partial charge in [0.2, 0.25) is 0 Å². The standard InChI is InChI=1S/C20H25N3O2/c1-21-20(23-13-16-11-15-6-4-5-7-17(15)16)22-12-14-8-9-18(24-2)19(10-14)25-3/h4-10,16H,11-13H2,1-3H3,(H2,21,22,23). The van der Waals surface area contributed by atoms with Gasteiger partial charge >= 0.3 is 0 Å². The third-order valence-corrected chi connectivity index (χ3v) is 4.61. The molecule has 0 saturated heterocycles. The number of benzene rings is 2. The normalized spacial score (nSPS) is 15.8. The number of ether oxygens (including phenoxy) is 2. The smallest absolute Gasteiger partial charge is 0.191 e. The number of nitrogens with zero attached hydrogens (tertiary/aromatic N) is 1. The van der Waals surface area contributed by atoms with E-state index in [9.17, 15) is 0 Å². The molecule has 0 aromatic heterocycles. The molecule has 0 bridgehead atoms. The first-order chi connectivity index (χ1) is 12.2. The number of fused-ring (bicyclic) bond motifs is 1. The molecule has 2 aromatic carbocycles. The SMILES string of the molecule is CN=C(NCc1ccc(OC)c(OC)c1)NCC1Cc2ccccc21. The molecule has 0 heterocycles. The molecule has 1 atom stereocenters. The van der Waals surface area contributed by atoms with Crippen molar-refractivity contribution in [1.29, 1.82) is 0 Å². The number of aliphatic imine (C=N–C) groups is 1. The molecule has 0 spiro atoms. The fourth-order valence-electron chi connectivity index (χ4n) is 3.16. The molecule has 5 nitrogen and oxygen atoms in total. The Bertz CT molecular complexity index is 758. The van der Waals surface area contributed by atoms with E-state index in [4.69, 9.17) is 9.47 Å². The number of hydrogen-bond acceptors (Lipinski definition) is 3. The summed E-state index contributed by atoms with van der Waals surface area (Å²) in [6, 6.07) is 14.5. The second-order valence-corrected chi connectivity index (χ2v) is 6.10. The van der Waals surface area contributed by atoms with Crippen LogP contribution in [-0.4, -0.2) is 33.8 Å². The van der Waals surface area contributed by atoms with Crippen LogP contribution in [0.3, 0.4) is 0 Å². The topological polar surface area (TPSA) is 54.9 Å². The molecule has 2 N–H and O–H groups in total. The molecule has 25 heavy (non-hydrogen) atoms. The minimum absolute atomic E-state index is 0.566. The first-order valence-electron chi connectivity index (χ1n) is 8.48. The van der Waals surface area contributed by atoms with Gasteiger partial charge in [-0.15, -0.1) is 0 Å². The van der Waals surface area contributed by atoms with E-state index >= 15 is 0 Å². The highest BCUT2D eigenvalue weighted by Gasteiger charge is 2.25. The third-order valence-electron chi connectivity index (χ3n) is 4.61. The zero-order valence-electron chi connectivity index (χ0n) is 15.0. The van der Waals surface area contributed by atoms with Crippen LogP contribution in [0.25, 0.3) is 0 Å². The molecular weight excluding hydrogens is 314 g/mol. The highest BCUT2D eigenvalue weighted by atomic mass is 16.5. The molecule has 0 amide bonds. The molecule has 1 unspecified atom stereocenters.